The van der Waals surface area contributed by atoms with Crippen molar-refractivity contribution in [3.8, 4) is 0 Å². The van der Waals surface area contributed by atoms with E-state index in [1.165, 1.54) is 24.3 Å². The van der Waals surface area contributed by atoms with Gasteiger partial charge in [-0.05, 0) is 39.7 Å². The number of hydrogen-bond acceptors (Lipinski definition) is 4. The minimum absolute atomic E-state index is 0.0470. The van der Waals surface area contributed by atoms with Crippen LogP contribution in [0.3, 0.4) is 0 Å². The molecule has 0 saturated heterocycles. The average molecular weight is 351 g/mol. The van der Waals surface area contributed by atoms with Gasteiger partial charge in [0.2, 0.25) is 0 Å². The van der Waals surface area contributed by atoms with Crippen LogP contribution < -0.4 is 5.32 Å². The lowest BCUT2D eigenvalue weighted by Gasteiger charge is -2.09. The Kier molecular flexibility index (Phi) is 4.54. The number of anilines is 1. The monoisotopic (exact) mass is 350 g/mol. The van der Waals surface area contributed by atoms with Crippen molar-refractivity contribution in [1.29, 1.82) is 0 Å². The van der Waals surface area contributed by atoms with E-state index in [9.17, 15) is 14.9 Å². The third-order valence-electron chi connectivity index (χ3n) is 2.85. The lowest BCUT2D eigenvalue weighted by atomic mass is 10.2. The van der Waals surface area contributed by atoms with Gasteiger partial charge < -0.3 is 10.4 Å². The zero-order valence-electron chi connectivity index (χ0n) is 10.7. The topological polar surface area (TPSA) is 92.5 Å². The number of rotatable bonds is 5. The van der Waals surface area contributed by atoms with Crippen LogP contribution in [0.25, 0.3) is 0 Å². The molecule has 0 amide bonds. The molecule has 2 aromatic rings. The van der Waals surface area contributed by atoms with Crippen LogP contribution in [-0.2, 0) is 6.54 Å². The number of carbonyl (C=O) groups is 1. The lowest BCUT2D eigenvalue weighted by Crippen LogP contribution is -2.02. The number of benzene rings is 2. The molecule has 0 radical (unpaired) electrons. The van der Waals surface area contributed by atoms with Gasteiger partial charge in [-0.3, -0.25) is 10.1 Å². The summed E-state index contributed by atoms with van der Waals surface area (Å²) in [4.78, 5) is 20.9. The molecule has 0 spiro atoms. The second kappa shape index (κ2) is 6.36. The molecular formula is C14H11BrN2O4. The van der Waals surface area contributed by atoms with E-state index < -0.39 is 10.9 Å². The Morgan fingerprint density at radius 2 is 1.90 bits per heavy atom. The fourth-order valence-electron chi connectivity index (χ4n) is 1.72. The van der Waals surface area contributed by atoms with Crippen LogP contribution in [0.1, 0.15) is 15.9 Å². The smallest absolute Gasteiger partial charge is 0.335 e. The molecule has 21 heavy (non-hydrogen) atoms. The Morgan fingerprint density at radius 1 is 1.24 bits per heavy atom. The van der Waals surface area contributed by atoms with Crippen molar-refractivity contribution in [1.82, 2.24) is 0 Å². The van der Waals surface area contributed by atoms with Gasteiger partial charge in [-0.15, -0.1) is 0 Å². The van der Waals surface area contributed by atoms with Gasteiger partial charge in [0.15, 0.2) is 0 Å². The molecule has 0 unspecified atom stereocenters. The molecule has 0 aliphatic carbocycles. The number of non-ortho nitro benzene ring substituents is 1. The molecule has 0 heterocycles. The van der Waals surface area contributed by atoms with Crippen molar-refractivity contribution in [2.45, 2.75) is 6.54 Å². The molecule has 0 fully saturated rings. The van der Waals surface area contributed by atoms with Crippen LogP contribution >= 0.6 is 15.9 Å². The molecule has 0 aromatic heterocycles. The molecule has 2 rings (SSSR count). The second-order valence-corrected chi connectivity index (χ2v) is 5.13. The van der Waals surface area contributed by atoms with E-state index in [2.05, 4.69) is 21.2 Å². The SMILES string of the molecule is O=C(O)c1ccc(NCc2ccc([N+](=O)[O-])cc2)c(Br)c1. The predicted octanol–water partition coefficient (Wildman–Crippen LogP) is 3.67. The normalized spacial score (nSPS) is 10.1. The summed E-state index contributed by atoms with van der Waals surface area (Å²) < 4.78 is 0.643. The number of carboxylic acid groups (broad SMARTS) is 1. The molecule has 0 bridgehead atoms. The molecule has 2 N–H and O–H groups in total. The summed E-state index contributed by atoms with van der Waals surface area (Å²) in [6, 6.07) is 10.9. The predicted molar refractivity (Wildman–Crippen MR) is 81.5 cm³/mol. The molecular weight excluding hydrogens is 340 g/mol. The molecule has 2 aromatic carbocycles. The van der Waals surface area contributed by atoms with Crippen molar-refractivity contribution in [3.05, 3.63) is 68.2 Å². The van der Waals surface area contributed by atoms with Gasteiger partial charge in [-0.25, -0.2) is 4.79 Å². The van der Waals surface area contributed by atoms with Crippen molar-refractivity contribution in [2.75, 3.05) is 5.32 Å². The number of nitrogens with one attached hydrogen (secondary N) is 1. The zero-order valence-corrected chi connectivity index (χ0v) is 12.3. The van der Waals surface area contributed by atoms with E-state index in [0.717, 1.165) is 11.3 Å². The molecule has 108 valence electrons. The minimum Gasteiger partial charge on any atom is -0.478 e. The second-order valence-electron chi connectivity index (χ2n) is 4.28. The molecule has 0 saturated carbocycles. The summed E-state index contributed by atoms with van der Waals surface area (Å²) in [7, 11) is 0. The summed E-state index contributed by atoms with van der Waals surface area (Å²) in [5.41, 5.74) is 1.88. The Hall–Kier alpha value is -2.41. The first kappa shape index (κ1) is 15.0. The highest BCUT2D eigenvalue weighted by atomic mass is 79.9. The summed E-state index contributed by atoms with van der Waals surface area (Å²) in [5.74, 6) is -0.988. The number of halogens is 1. The summed E-state index contributed by atoms with van der Waals surface area (Å²) >= 11 is 3.30. The maximum Gasteiger partial charge on any atom is 0.335 e. The van der Waals surface area contributed by atoms with E-state index in [-0.39, 0.29) is 11.3 Å². The van der Waals surface area contributed by atoms with Crippen LogP contribution in [0, 0.1) is 10.1 Å². The van der Waals surface area contributed by atoms with Crippen molar-refractivity contribution >= 4 is 33.3 Å². The molecule has 6 nitrogen and oxygen atoms in total. The number of nitro groups is 1. The van der Waals surface area contributed by atoms with Crippen LogP contribution in [0.5, 0.6) is 0 Å². The van der Waals surface area contributed by atoms with E-state index in [1.807, 2.05) is 0 Å². The van der Waals surface area contributed by atoms with Crippen molar-refractivity contribution in [2.24, 2.45) is 0 Å². The van der Waals surface area contributed by atoms with Gasteiger partial charge in [-0.2, -0.15) is 0 Å². The largest absolute Gasteiger partial charge is 0.478 e. The van der Waals surface area contributed by atoms with Crippen LogP contribution in [0.2, 0.25) is 0 Å². The summed E-state index contributed by atoms with van der Waals surface area (Å²) in [6.07, 6.45) is 0. The third kappa shape index (κ3) is 3.79. The van der Waals surface area contributed by atoms with E-state index >= 15 is 0 Å². The van der Waals surface area contributed by atoms with Gasteiger partial charge in [0.1, 0.15) is 0 Å². The quantitative estimate of drug-likeness (QED) is 0.633. The van der Waals surface area contributed by atoms with E-state index in [4.69, 9.17) is 5.11 Å². The highest BCUT2D eigenvalue weighted by Crippen LogP contribution is 2.24. The number of hydrogen-bond donors (Lipinski definition) is 2. The molecule has 0 atom stereocenters. The first-order chi connectivity index (χ1) is 9.97. The van der Waals surface area contributed by atoms with Crippen LogP contribution in [-0.4, -0.2) is 16.0 Å². The van der Waals surface area contributed by atoms with E-state index in [0.29, 0.717) is 11.0 Å². The maximum absolute atomic E-state index is 10.8. The first-order valence-corrected chi connectivity index (χ1v) is 6.76. The van der Waals surface area contributed by atoms with Gasteiger partial charge in [-0.1, -0.05) is 12.1 Å². The minimum atomic E-state index is -0.988. The standard InChI is InChI=1S/C14H11BrN2O4/c15-12-7-10(14(18)19)3-6-13(12)16-8-9-1-4-11(5-2-9)17(20)21/h1-7,16H,8H2,(H,18,19). The number of aromatic carboxylic acids is 1. The third-order valence-corrected chi connectivity index (χ3v) is 3.50. The zero-order chi connectivity index (χ0) is 15.4. The molecule has 0 aliphatic rings. The highest BCUT2D eigenvalue weighted by molar-refractivity contribution is 9.10. The fourth-order valence-corrected chi connectivity index (χ4v) is 2.24. The maximum atomic E-state index is 10.8. The highest BCUT2D eigenvalue weighted by Gasteiger charge is 2.07. The number of carboxylic acids is 1. The Labute approximate surface area is 128 Å². The summed E-state index contributed by atoms with van der Waals surface area (Å²) in [6.45, 7) is 0.475. The Balaban J connectivity index is 2.06. The summed E-state index contributed by atoms with van der Waals surface area (Å²) in [5, 5.41) is 22.6. The Morgan fingerprint density at radius 3 is 2.43 bits per heavy atom. The first-order valence-electron chi connectivity index (χ1n) is 5.97. The van der Waals surface area contributed by atoms with Gasteiger partial charge in [0.05, 0.1) is 10.5 Å². The Bertz CT molecular complexity index is 686. The van der Waals surface area contributed by atoms with E-state index in [1.54, 1.807) is 18.2 Å². The van der Waals surface area contributed by atoms with Crippen LogP contribution in [0.15, 0.2) is 46.9 Å². The van der Waals surface area contributed by atoms with Gasteiger partial charge in [0.25, 0.3) is 5.69 Å². The fraction of sp³-hybridized carbons (Fsp3) is 0.0714. The molecule has 0 aliphatic heterocycles. The molecule has 7 heteroatoms. The average Bonchev–Trinajstić information content (AvgIpc) is 2.46. The van der Waals surface area contributed by atoms with Gasteiger partial charge >= 0.3 is 5.97 Å². The lowest BCUT2D eigenvalue weighted by molar-refractivity contribution is -0.384. The number of nitro benzene ring substituents is 1. The number of nitrogens with zero attached hydrogens (tertiary/aromatic N) is 1. The van der Waals surface area contributed by atoms with Crippen LogP contribution in [0.4, 0.5) is 11.4 Å². The van der Waals surface area contributed by atoms with Gasteiger partial charge in [0, 0.05) is 28.8 Å². The van der Waals surface area contributed by atoms with Crippen molar-refractivity contribution in [3.63, 3.8) is 0 Å². The van der Waals surface area contributed by atoms with Crippen molar-refractivity contribution < 1.29 is 14.8 Å².